The van der Waals surface area contributed by atoms with Crippen molar-refractivity contribution in [1.82, 2.24) is 9.88 Å². The fourth-order valence-corrected chi connectivity index (χ4v) is 5.21. The second kappa shape index (κ2) is 9.89. The van der Waals surface area contributed by atoms with Crippen molar-refractivity contribution in [2.75, 3.05) is 38.7 Å². The molecule has 0 fully saturated rings. The van der Waals surface area contributed by atoms with Crippen LogP contribution in [0.25, 0.3) is 21.0 Å². The Morgan fingerprint density at radius 1 is 1.00 bits per heavy atom. The van der Waals surface area contributed by atoms with Crippen molar-refractivity contribution in [1.29, 1.82) is 0 Å². The lowest BCUT2D eigenvalue weighted by molar-refractivity contribution is 0.0984. The molecule has 0 saturated carbocycles. The van der Waals surface area contributed by atoms with E-state index in [1.54, 1.807) is 11.3 Å². The average molecular weight is 462 g/mol. The minimum Gasteiger partial charge on any atom is -0.493 e. The minimum atomic E-state index is -0.0663. The number of rotatable bonds is 8. The first-order chi connectivity index (χ1) is 15.9. The molecule has 0 bridgehead atoms. The lowest BCUT2D eigenvalue weighted by Crippen LogP contribution is -2.34. The molecule has 33 heavy (non-hydrogen) atoms. The highest BCUT2D eigenvalue weighted by molar-refractivity contribution is 7.22. The number of thiazole rings is 1. The summed E-state index contributed by atoms with van der Waals surface area (Å²) in [7, 11) is 4.10. The number of amides is 1. The van der Waals surface area contributed by atoms with Crippen molar-refractivity contribution >= 4 is 43.4 Å². The number of fused-ring (bicyclic) bond motifs is 2. The van der Waals surface area contributed by atoms with Gasteiger partial charge in [0.25, 0.3) is 5.91 Å². The Morgan fingerprint density at radius 3 is 2.48 bits per heavy atom. The van der Waals surface area contributed by atoms with Gasteiger partial charge >= 0.3 is 0 Å². The van der Waals surface area contributed by atoms with E-state index in [0.717, 1.165) is 44.6 Å². The van der Waals surface area contributed by atoms with E-state index in [1.165, 1.54) is 5.56 Å². The molecular formula is C27H31N3O2S. The summed E-state index contributed by atoms with van der Waals surface area (Å²) in [6.45, 7) is 8.09. The maximum Gasteiger partial charge on any atom is 0.264 e. The highest BCUT2D eigenvalue weighted by Gasteiger charge is 2.26. The number of aromatic nitrogens is 1. The normalized spacial score (nSPS) is 11.5. The summed E-state index contributed by atoms with van der Waals surface area (Å²) in [5.41, 5.74) is 3.88. The lowest BCUT2D eigenvalue weighted by atomic mass is 10.0. The summed E-state index contributed by atoms with van der Waals surface area (Å²) in [6.07, 6.45) is 0.849. The first-order valence-electron chi connectivity index (χ1n) is 11.4. The van der Waals surface area contributed by atoms with E-state index in [-0.39, 0.29) is 5.91 Å². The highest BCUT2D eigenvalue weighted by atomic mass is 32.1. The number of carbonyl (C=O) groups excluding carboxylic acids is 1. The van der Waals surface area contributed by atoms with Crippen LogP contribution < -0.4 is 9.64 Å². The third kappa shape index (κ3) is 4.72. The van der Waals surface area contributed by atoms with Gasteiger partial charge in [-0.1, -0.05) is 53.8 Å². The maximum atomic E-state index is 14.2. The number of benzene rings is 3. The summed E-state index contributed by atoms with van der Waals surface area (Å²) in [5, 5.41) is 2.66. The molecule has 1 aromatic heterocycles. The molecule has 6 heteroatoms. The van der Waals surface area contributed by atoms with E-state index in [1.807, 2.05) is 48.2 Å². The van der Waals surface area contributed by atoms with Gasteiger partial charge in [-0.2, -0.15) is 0 Å². The number of carbonyl (C=O) groups is 1. The van der Waals surface area contributed by atoms with Gasteiger partial charge in [-0.25, -0.2) is 4.98 Å². The smallest absolute Gasteiger partial charge is 0.264 e. The second-order valence-corrected chi connectivity index (χ2v) is 9.56. The Hall–Kier alpha value is -2.96. The quantitative estimate of drug-likeness (QED) is 0.320. The molecule has 0 radical (unpaired) electrons. The summed E-state index contributed by atoms with van der Waals surface area (Å²) in [5.74, 6) is 0.552. The predicted octanol–water partition coefficient (Wildman–Crippen LogP) is 6.06. The van der Waals surface area contributed by atoms with Crippen molar-refractivity contribution in [3.05, 3.63) is 65.2 Å². The third-order valence-corrected chi connectivity index (χ3v) is 7.01. The van der Waals surface area contributed by atoms with Gasteiger partial charge in [0.1, 0.15) is 5.75 Å². The van der Waals surface area contributed by atoms with Crippen molar-refractivity contribution in [3.63, 3.8) is 0 Å². The van der Waals surface area contributed by atoms with Crippen LogP contribution in [0, 0.1) is 13.8 Å². The number of nitrogens with zero attached hydrogens (tertiary/aromatic N) is 3. The lowest BCUT2D eigenvalue weighted by Gasteiger charge is -2.23. The fourth-order valence-electron chi connectivity index (χ4n) is 4.08. The summed E-state index contributed by atoms with van der Waals surface area (Å²) >= 11 is 1.59. The van der Waals surface area contributed by atoms with Crippen LogP contribution in [0.15, 0.2) is 48.5 Å². The van der Waals surface area contributed by atoms with Crippen LogP contribution in [-0.4, -0.2) is 49.6 Å². The average Bonchev–Trinajstić information content (AvgIpc) is 3.25. The Morgan fingerprint density at radius 2 is 1.76 bits per heavy atom. The molecule has 0 spiro atoms. The molecule has 4 rings (SSSR count). The van der Waals surface area contributed by atoms with E-state index in [0.29, 0.717) is 24.5 Å². The Kier molecular flexibility index (Phi) is 6.96. The molecule has 4 aromatic rings. The highest BCUT2D eigenvalue weighted by Crippen LogP contribution is 2.36. The van der Waals surface area contributed by atoms with Crippen LogP contribution in [0.5, 0.6) is 5.75 Å². The summed E-state index contributed by atoms with van der Waals surface area (Å²) < 4.78 is 7.06. The molecule has 1 amide bonds. The van der Waals surface area contributed by atoms with Crippen LogP contribution in [0.3, 0.4) is 0 Å². The first-order valence-corrected chi connectivity index (χ1v) is 12.2. The zero-order valence-electron chi connectivity index (χ0n) is 20.0. The van der Waals surface area contributed by atoms with Gasteiger partial charge in [0.05, 0.1) is 22.4 Å². The van der Waals surface area contributed by atoms with Crippen LogP contribution in [0.2, 0.25) is 0 Å². The van der Waals surface area contributed by atoms with Gasteiger partial charge in [-0.15, -0.1) is 0 Å². The molecule has 0 aliphatic heterocycles. The summed E-state index contributed by atoms with van der Waals surface area (Å²) in [6, 6.07) is 16.1. The molecule has 1 heterocycles. The fraction of sp³-hybridized carbons (Fsp3) is 0.333. The molecule has 0 aliphatic rings. The molecule has 3 aromatic carbocycles. The SMILES string of the molecule is CCOc1ccc2ccccc2c1C(=O)N(CCCN(C)C)c1nc2c(C)ccc(C)c2s1. The largest absolute Gasteiger partial charge is 0.493 e. The van der Waals surface area contributed by atoms with Gasteiger partial charge in [0.2, 0.25) is 0 Å². The standard InChI is InChI=1S/C27H31N3O2S/c1-6-32-22-15-14-20-10-7-8-11-21(20)23(22)26(31)30(17-9-16-29(4)5)27-28-24-18(2)12-13-19(3)25(24)33-27/h7-8,10-15H,6,9,16-17H2,1-5H3. The Balaban J connectivity index is 1.85. The predicted molar refractivity (Wildman–Crippen MR) is 139 cm³/mol. The molecule has 5 nitrogen and oxygen atoms in total. The van der Waals surface area contributed by atoms with Crippen LogP contribution >= 0.6 is 11.3 Å². The number of anilines is 1. The monoisotopic (exact) mass is 461 g/mol. The van der Waals surface area contributed by atoms with Gasteiger partial charge in [-0.3, -0.25) is 9.69 Å². The van der Waals surface area contributed by atoms with Crippen molar-refractivity contribution < 1.29 is 9.53 Å². The molecule has 172 valence electrons. The van der Waals surface area contributed by atoms with Gasteiger partial charge in [0, 0.05) is 6.54 Å². The zero-order chi connectivity index (χ0) is 23.5. The van der Waals surface area contributed by atoms with E-state index < -0.39 is 0 Å². The number of ether oxygens (including phenoxy) is 1. The van der Waals surface area contributed by atoms with E-state index in [9.17, 15) is 4.79 Å². The molecule has 0 atom stereocenters. The number of hydrogen-bond acceptors (Lipinski definition) is 5. The molecule has 0 aliphatic carbocycles. The van der Waals surface area contributed by atoms with Crippen molar-refractivity contribution in [3.8, 4) is 5.75 Å². The number of aryl methyl sites for hydroxylation is 2. The maximum absolute atomic E-state index is 14.2. The molecule has 0 unspecified atom stereocenters. The first kappa shape index (κ1) is 23.2. The van der Waals surface area contributed by atoms with E-state index in [2.05, 4.69) is 45.0 Å². The number of hydrogen-bond donors (Lipinski definition) is 0. The van der Waals surface area contributed by atoms with Gasteiger partial charge in [0.15, 0.2) is 5.13 Å². The third-order valence-electron chi connectivity index (χ3n) is 5.80. The van der Waals surface area contributed by atoms with Crippen LogP contribution in [0.4, 0.5) is 5.13 Å². The molecule has 0 N–H and O–H groups in total. The molecular weight excluding hydrogens is 430 g/mol. The Bertz CT molecular complexity index is 1260. The second-order valence-electron chi connectivity index (χ2n) is 8.58. The minimum absolute atomic E-state index is 0.0663. The van der Waals surface area contributed by atoms with Crippen molar-refractivity contribution in [2.45, 2.75) is 27.2 Å². The Labute approximate surface area is 199 Å². The van der Waals surface area contributed by atoms with E-state index in [4.69, 9.17) is 9.72 Å². The van der Waals surface area contributed by atoms with Crippen molar-refractivity contribution in [2.24, 2.45) is 0 Å². The van der Waals surface area contributed by atoms with Gasteiger partial charge < -0.3 is 9.64 Å². The van der Waals surface area contributed by atoms with Gasteiger partial charge in [-0.05, 0) is 75.8 Å². The topological polar surface area (TPSA) is 45.7 Å². The van der Waals surface area contributed by atoms with E-state index >= 15 is 0 Å². The summed E-state index contributed by atoms with van der Waals surface area (Å²) in [4.78, 5) is 23.1. The molecule has 0 saturated heterocycles. The zero-order valence-corrected chi connectivity index (χ0v) is 20.8. The van der Waals surface area contributed by atoms with Crippen LogP contribution in [-0.2, 0) is 0 Å². The van der Waals surface area contributed by atoms with Crippen LogP contribution in [0.1, 0.15) is 34.8 Å².